The summed E-state index contributed by atoms with van der Waals surface area (Å²) in [5, 5.41) is 9.28. The highest BCUT2D eigenvalue weighted by atomic mass is 16.2. The Morgan fingerprint density at radius 2 is 1.84 bits per heavy atom. The average molecular weight is 433 g/mol. The minimum absolute atomic E-state index is 0.135. The van der Waals surface area contributed by atoms with E-state index in [0.29, 0.717) is 31.0 Å². The van der Waals surface area contributed by atoms with Gasteiger partial charge in [0.2, 0.25) is 11.8 Å². The summed E-state index contributed by atoms with van der Waals surface area (Å²) in [6, 6.07) is 13.9. The number of piperidine rings is 2. The van der Waals surface area contributed by atoms with E-state index in [-0.39, 0.29) is 24.1 Å². The van der Waals surface area contributed by atoms with Crippen LogP contribution in [0.4, 0.5) is 5.69 Å². The number of imide groups is 1. The summed E-state index contributed by atoms with van der Waals surface area (Å²) in [6.07, 6.45) is 2.99. The Morgan fingerprint density at radius 3 is 2.66 bits per heavy atom. The standard InChI is InChI=1S/C25H28N4O3/c30-23-7-6-22(24(31)28-23)29-15-19-12-16(4-5-21(19)25(29)32)14-27-20-3-1-2-18(13-20)17-8-10-26-11-9-17/h1-5,12-13,17,22,26-27H,6-11,14-15H2,(H,28,30,31). The van der Waals surface area contributed by atoms with E-state index in [2.05, 4.69) is 40.2 Å². The Morgan fingerprint density at radius 1 is 1.00 bits per heavy atom. The van der Waals surface area contributed by atoms with Crippen molar-refractivity contribution in [2.45, 2.75) is 50.7 Å². The molecule has 7 nitrogen and oxygen atoms in total. The SMILES string of the molecule is O=C1CCC(N2Cc3cc(CNc4cccc(C5CCNCC5)c4)ccc3C2=O)C(=O)N1. The summed E-state index contributed by atoms with van der Waals surface area (Å²) in [5.41, 5.74) is 5.15. The lowest BCUT2D eigenvalue weighted by molar-refractivity contribution is -0.136. The molecule has 0 radical (unpaired) electrons. The topological polar surface area (TPSA) is 90.5 Å². The van der Waals surface area contributed by atoms with Crippen LogP contribution in [0.5, 0.6) is 0 Å². The van der Waals surface area contributed by atoms with E-state index < -0.39 is 6.04 Å². The molecule has 0 spiro atoms. The zero-order valence-electron chi connectivity index (χ0n) is 18.0. The molecule has 3 amide bonds. The van der Waals surface area contributed by atoms with Crippen molar-refractivity contribution >= 4 is 23.4 Å². The molecule has 3 heterocycles. The number of fused-ring (bicyclic) bond motifs is 1. The predicted octanol–water partition coefficient (Wildman–Crippen LogP) is 2.53. The number of carbonyl (C=O) groups excluding carboxylic acids is 3. The summed E-state index contributed by atoms with van der Waals surface area (Å²) in [4.78, 5) is 38.1. The van der Waals surface area contributed by atoms with E-state index in [0.717, 1.165) is 29.9 Å². The van der Waals surface area contributed by atoms with E-state index in [9.17, 15) is 14.4 Å². The molecule has 2 saturated heterocycles. The van der Waals surface area contributed by atoms with Gasteiger partial charge in [0.25, 0.3) is 5.91 Å². The number of hydrogen-bond acceptors (Lipinski definition) is 5. The fourth-order valence-corrected chi connectivity index (χ4v) is 5.00. The number of nitrogens with one attached hydrogen (secondary N) is 3. The van der Waals surface area contributed by atoms with E-state index in [1.807, 2.05) is 18.2 Å². The van der Waals surface area contributed by atoms with Crippen LogP contribution in [0.3, 0.4) is 0 Å². The van der Waals surface area contributed by atoms with E-state index in [1.165, 1.54) is 18.4 Å². The maximum absolute atomic E-state index is 12.8. The van der Waals surface area contributed by atoms with Crippen molar-refractivity contribution in [3.05, 3.63) is 64.7 Å². The third-order valence-corrected chi connectivity index (χ3v) is 6.78. The largest absolute Gasteiger partial charge is 0.381 e. The van der Waals surface area contributed by atoms with E-state index in [1.54, 1.807) is 4.90 Å². The molecule has 0 bridgehead atoms. The van der Waals surface area contributed by atoms with Crippen LogP contribution in [0.1, 0.15) is 58.6 Å². The van der Waals surface area contributed by atoms with Gasteiger partial charge < -0.3 is 15.5 Å². The Hall–Kier alpha value is -3.19. The Bertz CT molecular complexity index is 1060. The van der Waals surface area contributed by atoms with Crippen molar-refractivity contribution in [3.8, 4) is 0 Å². The molecule has 166 valence electrons. The molecule has 2 aromatic carbocycles. The van der Waals surface area contributed by atoms with Gasteiger partial charge in [-0.25, -0.2) is 0 Å². The van der Waals surface area contributed by atoms with Crippen LogP contribution >= 0.6 is 0 Å². The highest BCUT2D eigenvalue weighted by Crippen LogP contribution is 2.29. The number of carbonyl (C=O) groups is 3. The first-order chi connectivity index (χ1) is 15.6. The normalized spacial score (nSPS) is 21.4. The number of benzene rings is 2. The van der Waals surface area contributed by atoms with Gasteiger partial charge >= 0.3 is 0 Å². The maximum Gasteiger partial charge on any atom is 0.255 e. The Balaban J connectivity index is 1.25. The quantitative estimate of drug-likeness (QED) is 0.632. The molecule has 2 aromatic rings. The van der Waals surface area contributed by atoms with Gasteiger partial charge in [0.1, 0.15) is 6.04 Å². The van der Waals surface area contributed by atoms with Gasteiger partial charge in [-0.3, -0.25) is 19.7 Å². The van der Waals surface area contributed by atoms with Gasteiger partial charge in [-0.1, -0.05) is 24.3 Å². The van der Waals surface area contributed by atoms with Crippen LogP contribution in [0.2, 0.25) is 0 Å². The molecule has 3 N–H and O–H groups in total. The molecule has 3 aliphatic rings. The number of amides is 3. The fraction of sp³-hybridized carbons (Fsp3) is 0.400. The van der Waals surface area contributed by atoms with Crippen LogP contribution in [-0.4, -0.2) is 41.8 Å². The van der Waals surface area contributed by atoms with Gasteiger partial charge in [0, 0.05) is 30.8 Å². The van der Waals surface area contributed by atoms with Gasteiger partial charge in [-0.15, -0.1) is 0 Å². The molecular weight excluding hydrogens is 404 g/mol. The number of nitrogens with zero attached hydrogens (tertiary/aromatic N) is 1. The fourth-order valence-electron chi connectivity index (χ4n) is 5.00. The summed E-state index contributed by atoms with van der Waals surface area (Å²) in [6.45, 7) is 3.22. The summed E-state index contributed by atoms with van der Waals surface area (Å²) in [7, 11) is 0. The number of hydrogen-bond donors (Lipinski definition) is 3. The average Bonchev–Trinajstić information content (AvgIpc) is 3.14. The lowest BCUT2D eigenvalue weighted by Crippen LogP contribution is -2.52. The van der Waals surface area contributed by atoms with Gasteiger partial charge in [-0.05, 0) is 73.2 Å². The molecule has 1 unspecified atom stereocenters. The van der Waals surface area contributed by atoms with Crippen molar-refractivity contribution in [1.29, 1.82) is 0 Å². The predicted molar refractivity (Wildman–Crippen MR) is 121 cm³/mol. The summed E-state index contributed by atoms with van der Waals surface area (Å²) >= 11 is 0. The molecule has 7 heteroatoms. The van der Waals surface area contributed by atoms with Crippen molar-refractivity contribution in [2.75, 3.05) is 18.4 Å². The smallest absolute Gasteiger partial charge is 0.255 e. The van der Waals surface area contributed by atoms with E-state index in [4.69, 9.17) is 0 Å². The van der Waals surface area contributed by atoms with E-state index >= 15 is 0 Å². The first-order valence-electron chi connectivity index (χ1n) is 11.4. The van der Waals surface area contributed by atoms with Gasteiger partial charge in [-0.2, -0.15) is 0 Å². The first-order valence-corrected chi connectivity index (χ1v) is 11.4. The summed E-state index contributed by atoms with van der Waals surface area (Å²) in [5.74, 6) is -0.170. The van der Waals surface area contributed by atoms with Crippen LogP contribution < -0.4 is 16.0 Å². The first kappa shape index (κ1) is 20.7. The second-order valence-electron chi connectivity index (χ2n) is 8.89. The van der Waals surface area contributed by atoms with Crippen LogP contribution in [0.25, 0.3) is 0 Å². The van der Waals surface area contributed by atoms with Crippen molar-refractivity contribution in [2.24, 2.45) is 0 Å². The van der Waals surface area contributed by atoms with Crippen LogP contribution in [-0.2, 0) is 22.7 Å². The minimum Gasteiger partial charge on any atom is -0.381 e. The summed E-state index contributed by atoms with van der Waals surface area (Å²) < 4.78 is 0. The molecule has 0 aromatic heterocycles. The van der Waals surface area contributed by atoms with Crippen LogP contribution in [0, 0.1) is 0 Å². The number of rotatable bonds is 5. The second-order valence-corrected chi connectivity index (χ2v) is 8.89. The third kappa shape index (κ3) is 4.12. The lowest BCUT2D eigenvalue weighted by atomic mass is 9.90. The van der Waals surface area contributed by atoms with Gasteiger partial charge in [0.15, 0.2) is 0 Å². The number of anilines is 1. The molecule has 3 aliphatic heterocycles. The minimum atomic E-state index is -0.577. The Labute approximate surface area is 187 Å². The second kappa shape index (κ2) is 8.74. The third-order valence-electron chi connectivity index (χ3n) is 6.78. The molecular formula is C25H28N4O3. The molecule has 0 aliphatic carbocycles. The van der Waals surface area contributed by atoms with Crippen LogP contribution in [0.15, 0.2) is 42.5 Å². The highest BCUT2D eigenvalue weighted by molar-refractivity contribution is 6.05. The Kier molecular flexibility index (Phi) is 5.66. The maximum atomic E-state index is 12.8. The molecule has 2 fully saturated rings. The van der Waals surface area contributed by atoms with Crippen molar-refractivity contribution < 1.29 is 14.4 Å². The molecule has 5 rings (SSSR count). The zero-order valence-corrected chi connectivity index (χ0v) is 18.0. The zero-order chi connectivity index (χ0) is 22.1. The molecule has 1 atom stereocenters. The van der Waals surface area contributed by atoms with Gasteiger partial charge in [0.05, 0.1) is 0 Å². The highest BCUT2D eigenvalue weighted by Gasteiger charge is 2.39. The lowest BCUT2D eigenvalue weighted by Gasteiger charge is -2.29. The molecule has 0 saturated carbocycles. The van der Waals surface area contributed by atoms with Crippen molar-refractivity contribution in [1.82, 2.24) is 15.5 Å². The monoisotopic (exact) mass is 432 g/mol. The molecule has 32 heavy (non-hydrogen) atoms. The van der Waals surface area contributed by atoms with Crippen molar-refractivity contribution in [3.63, 3.8) is 0 Å².